The Hall–Kier alpha value is -2.07. The van der Waals surface area contributed by atoms with E-state index in [9.17, 15) is 4.39 Å². The second kappa shape index (κ2) is 5.71. The minimum absolute atomic E-state index is 0.248. The molecule has 0 aromatic heterocycles. The molecule has 0 aliphatic carbocycles. The molecule has 0 unspecified atom stereocenters. The molecule has 0 saturated carbocycles. The summed E-state index contributed by atoms with van der Waals surface area (Å²) in [5, 5.41) is 0. The van der Waals surface area contributed by atoms with Crippen molar-refractivity contribution in [3.05, 3.63) is 53.8 Å². The third-order valence-corrected chi connectivity index (χ3v) is 3.09. The van der Waals surface area contributed by atoms with Gasteiger partial charge in [-0.15, -0.1) is 0 Å². The van der Waals surface area contributed by atoms with Crippen LogP contribution in [0.2, 0.25) is 0 Å². The highest BCUT2D eigenvalue weighted by Gasteiger charge is 2.10. The average Bonchev–Trinajstić information content (AvgIpc) is 2.46. The number of nitrogens with zero attached hydrogens (tertiary/aromatic N) is 1. The molecule has 0 aliphatic rings. The molecular formula is C15H17FN2O. The van der Waals surface area contributed by atoms with Gasteiger partial charge >= 0.3 is 0 Å². The van der Waals surface area contributed by atoms with E-state index in [2.05, 4.69) is 0 Å². The lowest BCUT2D eigenvalue weighted by Gasteiger charge is -2.23. The van der Waals surface area contributed by atoms with Gasteiger partial charge in [0, 0.05) is 31.0 Å². The van der Waals surface area contributed by atoms with Crippen molar-refractivity contribution in [2.45, 2.75) is 6.54 Å². The molecule has 0 atom stereocenters. The Bertz CT molecular complexity index is 555. The first-order valence-electron chi connectivity index (χ1n) is 6.02. The largest absolute Gasteiger partial charge is 0.497 e. The van der Waals surface area contributed by atoms with Gasteiger partial charge in [-0.25, -0.2) is 4.39 Å². The maximum Gasteiger partial charge on any atom is 0.123 e. The highest BCUT2D eigenvalue weighted by molar-refractivity contribution is 5.67. The first kappa shape index (κ1) is 13.4. The van der Waals surface area contributed by atoms with Crippen molar-refractivity contribution in [2.75, 3.05) is 19.1 Å². The summed E-state index contributed by atoms with van der Waals surface area (Å²) in [7, 11) is 3.54. The lowest BCUT2D eigenvalue weighted by molar-refractivity contribution is 0.415. The predicted octanol–water partition coefficient (Wildman–Crippen LogP) is 3.06. The summed E-state index contributed by atoms with van der Waals surface area (Å²) >= 11 is 0. The standard InChI is InChI=1S/C15H17FN2O/c1-18(13-6-4-12(16)5-7-13)15-9-14(19-2)8-3-11(15)10-17/h3-9H,10,17H2,1-2H3. The van der Waals surface area contributed by atoms with Crippen LogP contribution >= 0.6 is 0 Å². The van der Waals surface area contributed by atoms with Gasteiger partial charge in [0.15, 0.2) is 0 Å². The van der Waals surface area contributed by atoms with Crippen molar-refractivity contribution < 1.29 is 9.13 Å². The van der Waals surface area contributed by atoms with Crippen LogP contribution in [0.1, 0.15) is 5.56 Å². The second-order valence-corrected chi connectivity index (χ2v) is 4.23. The number of anilines is 2. The molecule has 0 heterocycles. The van der Waals surface area contributed by atoms with Gasteiger partial charge in [0.2, 0.25) is 0 Å². The van der Waals surface area contributed by atoms with E-state index < -0.39 is 0 Å². The van der Waals surface area contributed by atoms with E-state index in [4.69, 9.17) is 10.5 Å². The molecule has 2 N–H and O–H groups in total. The molecule has 0 radical (unpaired) electrons. The van der Waals surface area contributed by atoms with Crippen LogP contribution in [0.15, 0.2) is 42.5 Å². The zero-order chi connectivity index (χ0) is 13.8. The Kier molecular flexibility index (Phi) is 4.02. The van der Waals surface area contributed by atoms with Crippen LogP contribution in [-0.4, -0.2) is 14.2 Å². The quantitative estimate of drug-likeness (QED) is 0.918. The van der Waals surface area contributed by atoms with Crippen molar-refractivity contribution in [3.63, 3.8) is 0 Å². The van der Waals surface area contributed by atoms with E-state index in [-0.39, 0.29) is 5.82 Å². The maximum atomic E-state index is 13.0. The van der Waals surface area contributed by atoms with Crippen LogP contribution in [0.4, 0.5) is 15.8 Å². The molecule has 0 amide bonds. The van der Waals surface area contributed by atoms with Crippen LogP contribution < -0.4 is 15.4 Å². The second-order valence-electron chi connectivity index (χ2n) is 4.23. The first-order chi connectivity index (χ1) is 9.15. The Morgan fingerprint density at radius 1 is 1.16 bits per heavy atom. The molecule has 4 heteroatoms. The summed E-state index contributed by atoms with van der Waals surface area (Å²) in [6.07, 6.45) is 0. The fourth-order valence-electron chi connectivity index (χ4n) is 1.96. The van der Waals surface area contributed by atoms with E-state index in [1.165, 1.54) is 12.1 Å². The van der Waals surface area contributed by atoms with E-state index in [1.807, 2.05) is 30.1 Å². The molecule has 0 saturated heterocycles. The Balaban J connectivity index is 2.41. The molecule has 100 valence electrons. The van der Waals surface area contributed by atoms with Crippen LogP contribution in [-0.2, 0) is 6.54 Å². The SMILES string of the molecule is COc1ccc(CN)c(N(C)c2ccc(F)cc2)c1. The fourth-order valence-corrected chi connectivity index (χ4v) is 1.96. The number of benzene rings is 2. The number of rotatable bonds is 4. The maximum absolute atomic E-state index is 13.0. The molecule has 3 nitrogen and oxygen atoms in total. The molecule has 0 aliphatic heterocycles. The number of nitrogens with two attached hydrogens (primary N) is 1. The molecule has 19 heavy (non-hydrogen) atoms. The normalized spacial score (nSPS) is 10.3. The Morgan fingerprint density at radius 2 is 1.84 bits per heavy atom. The summed E-state index contributed by atoms with van der Waals surface area (Å²) in [6, 6.07) is 12.1. The van der Waals surface area contributed by atoms with Gasteiger partial charge < -0.3 is 15.4 Å². The summed E-state index contributed by atoms with van der Waals surface area (Å²) in [5.74, 6) is 0.517. The molecule has 2 aromatic carbocycles. The Morgan fingerprint density at radius 3 is 2.42 bits per heavy atom. The topological polar surface area (TPSA) is 38.5 Å². The molecule has 0 spiro atoms. The van der Waals surface area contributed by atoms with Crippen LogP contribution in [0.25, 0.3) is 0 Å². The van der Waals surface area contributed by atoms with Gasteiger partial charge in [-0.2, -0.15) is 0 Å². The molecule has 0 bridgehead atoms. The third kappa shape index (κ3) is 2.85. The average molecular weight is 260 g/mol. The smallest absolute Gasteiger partial charge is 0.123 e. The summed E-state index contributed by atoms with van der Waals surface area (Å²) < 4.78 is 18.2. The van der Waals surface area contributed by atoms with Gasteiger partial charge in [0.05, 0.1) is 7.11 Å². The molecule has 2 rings (SSSR count). The summed E-state index contributed by atoms with van der Waals surface area (Å²) in [4.78, 5) is 1.96. The summed E-state index contributed by atoms with van der Waals surface area (Å²) in [6.45, 7) is 0.435. The van der Waals surface area contributed by atoms with Gasteiger partial charge in [-0.1, -0.05) is 6.07 Å². The van der Waals surface area contributed by atoms with Crippen molar-refractivity contribution in [2.24, 2.45) is 5.73 Å². The minimum Gasteiger partial charge on any atom is -0.497 e. The number of ether oxygens (including phenoxy) is 1. The Labute approximate surface area is 112 Å². The summed E-state index contributed by atoms with van der Waals surface area (Å²) in [5.41, 5.74) is 8.61. The van der Waals surface area contributed by atoms with Gasteiger partial charge in [0.1, 0.15) is 11.6 Å². The van der Waals surface area contributed by atoms with Crippen molar-refractivity contribution in [1.82, 2.24) is 0 Å². The van der Waals surface area contributed by atoms with E-state index in [1.54, 1.807) is 19.2 Å². The van der Waals surface area contributed by atoms with Crippen molar-refractivity contribution in [3.8, 4) is 5.75 Å². The zero-order valence-electron chi connectivity index (χ0n) is 11.1. The van der Waals surface area contributed by atoms with E-state index in [0.29, 0.717) is 6.54 Å². The predicted molar refractivity (Wildman–Crippen MR) is 75.3 cm³/mol. The monoisotopic (exact) mass is 260 g/mol. The number of hydrogen-bond acceptors (Lipinski definition) is 3. The lowest BCUT2D eigenvalue weighted by atomic mass is 10.1. The van der Waals surface area contributed by atoms with Gasteiger partial charge in [0.25, 0.3) is 0 Å². The molecule has 0 fully saturated rings. The van der Waals surface area contributed by atoms with Crippen LogP contribution in [0.3, 0.4) is 0 Å². The van der Waals surface area contributed by atoms with Crippen LogP contribution in [0, 0.1) is 5.82 Å². The minimum atomic E-state index is -0.248. The third-order valence-electron chi connectivity index (χ3n) is 3.09. The van der Waals surface area contributed by atoms with Crippen molar-refractivity contribution in [1.29, 1.82) is 0 Å². The highest BCUT2D eigenvalue weighted by Crippen LogP contribution is 2.30. The van der Waals surface area contributed by atoms with Crippen molar-refractivity contribution >= 4 is 11.4 Å². The first-order valence-corrected chi connectivity index (χ1v) is 6.02. The number of halogens is 1. The molecule has 2 aromatic rings. The fraction of sp³-hybridized carbons (Fsp3) is 0.200. The van der Waals surface area contributed by atoms with E-state index >= 15 is 0 Å². The molecular weight excluding hydrogens is 243 g/mol. The zero-order valence-corrected chi connectivity index (χ0v) is 11.1. The number of methoxy groups -OCH3 is 1. The van der Waals surface area contributed by atoms with Gasteiger partial charge in [-0.05, 0) is 35.9 Å². The highest BCUT2D eigenvalue weighted by atomic mass is 19.1. The number of hydrogen-bond donors (Lipinski definition) is 1. The van der Waals surface area contributed by atoms with Gasteiger partial charge in [-0.3, -0.25) is 0 Å². The van der Waals surface area contributed by atoms with Crippen LogP contribution in [0.5, 0.6) is 5.75 Å². The van der Waals surface area contributed by atoms with E-state index in [0.717, 1.165) is 22.7 Å². The lowest BCUT2D eigenvalue weighted by Crippen LogP contribution is -2.13.